The average molecular weight is 409 g/mol. The number of hydrogen-bond donors (Lipinski definition) is 1. The number of anilines is 1. The third kappa shape index (κ3) is 5.09. The van der Waals surface area contributed by atoms with Crippen molar-refractivity contribution in [3.8, 4) is 10.6 Å². The zero-order valence-corrected chi connectivity index (χ0v) is 17.9. The van der Waals surface area contributed by atoms with Crippen molar-refractivity contribution >= 4 is 28.9 Å². The highest BCUT2D eigenvalue weighted by molar-refractivity contribution is 7.13. The number of esters is 1. The zero-order chi connectivity index (χ0) is 21.0. The Morgan fingerprint density at radius 3 is 2.34 bits per heavy atom. The molecule has 150 valence electrons. The predicted molar refractivity (Wildman–Crippen MR) is 116 cm³/mol. The minimum absolute atomic E-state index is 0.208. The molecule has 1 N–H and O–H groups in total. The highest BCUT2D eigenvalue weighted by atomic mass is 32.1. The van der Waals surface area contributed by atoms with E-state index in [9.17, 15) is 9.59 Å². The monoisotopic (exact) mass is 408 g/mol. The van der Waals surface area contributed by atoms with Crippen LogP contribution in [-0.2, 0) is 16.0 Å². The predicted octanol–water partition coefficient (Wildman–Crippen LogP) is 5.09. The average Bonchev–Trinajstić information content (AvgIpc) is 3.19. The molecule has 0 bridgehead atoms. The lowest BCUT2D eigenvalue weighted by Gasteiger charge is -2.12. The number of amides is 1. The second-order valence-electron chi connectivity index (χ2n) is 6.99. The summed E-state index contributed by atoms with van der Waals surface area (Å²) in [5.74, 6) is -0.982. The van der Waals surface area contributed by atoms with Crippen LogP contribution in [0.2, 0.25) is 0 Å². The molecule has 1 heterocycles. The Morgan fingerprint density at radius 2 is 1.72 bits per heavy atom. The molecule has 29 heavy (non-hydrogen) atoms. The fourth-order valence-corrected chi connectivity index (χ4v) is 3.94. The van der Waals surface area contributed by atoms with Crippen LogP contribution in [0.1, 0.15) is 39.7 Å². The Bertz CT molecular complexity index is 1020. The number of nitrogens with one attached hydrogen (secondary N) is 1. The Balaban J connectivity index is 1.59. The topological polar surface area (TPSA) is 68.3 Å². The second-order valence-corrected chi connectivity index (χ2v) is 7.84. The Labute approximate surface area is 174 Å². The molecule has 2 aromatic carbocycles. The van der Waals surface area contributed by atoms with E-state index < -0.39 is 5.97 Å². The molecule has 0 aliphatic carbocycles. The molecule has 5 nitrogen and oxygen atoms in total. The molecule has 0 unspecified atom stereocenters. The molecule has 3 aromatic rings. The first-order valence-corrected chi connectivity index (χ1v) is 10.3. The van der Waals surface area contributed by atoms with Gasteiger partial charge in [0.05, 0.1) is 0 Å². The van der Waals surface area contributed by atoms with Crippen molar-refractivity contribution < 1.29 is 14.3 Å². The van der Waals surface area contributed by atoms with Crippen molar-refractivity contribution in [2.45, 2.75) is 34.1 Å². The lowest BCUT2D eigenvalue weighted by atomic mass is 10.1. The van der Waals surface area contributed by atoms with Gasteiger partial charge in [0.25, 0.3) is 5.91 Å². The first-order valence-electron chi connectivity index (χ1n) is 9.47. The van der Waals surface area contributed by atoms with Gasteiger partial charge in [0.15, 0.2) is 12.3 Å². The van der Waals surface area contributed by atoms with Crippen LogP contribution < -0.4 is 5.32 Å². The largest absolute Gasteiger partial charge is 0.451 e. The Hall–Kier alpha value is -2.99. The van der Waals surface area contributed by atoms with Gasteiger partial charge < -0.3 is 10.1 Å². The van der Waals surface area contributed by atoms with E-state index in [4.69, 9.17) is 4.74 Å². The van der Waals surface area contributed by atoms with E-state index in [1.165, 1.54) is 16.9 Å². The smallest absolute Gasteiger partial charge is 0.358 e. The maximum atomic E-state index is 12.3. The molecule has 0 aliphatic rings. The van der Waals surface area contributed by atoms with Crippen LogP contribution in [0.5, 0.6) is 0 Å². The van der Waals surface area contributed by atoms with E-state index in [0.717, 1.165) is 39.4 Å². The quantitative estimate of drug-likeness (QED) is 0.577. The number of carbonyl (C=O) groups is 2. The Morgan fingerprint density at radius 1 is 1.07 bits per heavy atom. The molecule has 0 fully saturated rings. The minimum atomic E-state index is -0.606. The highest BCUT2D eigenvalue weighted by Gasteiger charge is 2.16. The summed E-state index contributed by atoms with van der Waals surface area (Å²) in [7, 11) is 0. The molecular formula is C23H24N2O3S. The van der Waals surface area contributed by atoms with Gasteiger partial charge in [0, 0.05) is 16.6 Å². The number of nitrogens with zero attached hydrogens (tertiary/aromatic N) is 1. The SMILES string of the molecule is CCc1ccc(-c2nc(C(=O)OCC(=O)Nc3c(C)cc(C)cc3C)cs2)cc1. The van der Waals surface area contributed by atoms with E-state index in [1.807, 2.05) is 57.2 Å². The van der Waals surface area contributed by atoms with Crippen molar-refractivity contribution in [1.82, 2.24) is 4.98 Å². The van der Waals surface area contributed by atoms with Gasteiger partial charge >= 0.3 is 5.97 Å². The second kappa shape index (κ2) is 9.01. The summed E-state index contributed by atoms with van der Waals surface area (Å²) >= 11 is 1.37. The van der Waals surface area contributed by atoms with Crippen molar-refractivity contribution in [3.63, 3.8) is 0 Å². The summed E-state index contributed by atoms with van der Waals surface area (Å²) in [6.07, 6.45) is 0.972. The van der Waals surface area contributed by atoms with Crippen molar-refractivity contribution in [1.29, 1.82) is 0 Å². The highest BCUT2D eigenvalue weighted by Crippen LogP contribution is 2.25. The van der Waals surface area contributed by atoms with Gasteiger partial charge in [0.1, 0.15) is 5.01 Å². The summed E-state index contributed by atoms with van der Waals surface area (Å²) < 4.78 is 5.14. The van der Waals surface area contributed by atoms with Crippen LogP contribution in [0, 0.1) is 20.8 Å². The molecule has 0 saturated heterocycles. The fourth-order valence-electron chi connectivity index (χ4n) is 3.14. The number of ether oxygens (including phenoxy) is 1. The van der Waals surface area contributed by atoms with E-state index >= 15 is 0 Å². The van der Waals surface area contributed by atoms with Crippen LogP contribution in [0.4, 0.5) is 5.69 Å². The molecule has 1 amide bonds. The summed E-state index contributed by atoms with van der Waals surface area (Å²) in [6, 6.07) is 12.1. The van der Waals surface area contributed by atoms with Crippen molar-refractivity contribution in [3.05, 3.63) is 69.7 Å². The maximum absolute atomic E-state index is 12.3. The number of aryl methyl sites for hydroxylation is 4. The number of hydrogen-bond acceptors (Lipinski definition) is 5. The molecule has 0 saturated carbocycles. The minimum Gasteiger partial charge on any atom is -0.451 e. The molecule has 1 aromatic heterocycles. The van der Waals surface area contributed by atoms with Gasteiger partial charge in [-0.15, -0.1) is 11.3 Å². The van der Waals surface area contributed by atoms with Crippen LogP contribution in [0.15, 0.2) is 41.8 Å². The number of rotatable bonds is 6. The third-order valence-electron chi connectivity index (χ3n) is 4.60. The molecule has 0 spiro atoms. The van der Waals surface area contributed by atoms with Crippen molar-refractivity contribution in [2.75, 3.05) is 11.9 Å². The summed E-state index contributed by atoms with van der Waals surface area (Å²) in [5, 5.41) is 5.22. The number of aromatic nitrogens is 1. The van der Waals surface area contributed by atoms with Crippen molar-refractivity contribution in [2.24, 2.45) is 0 Å². The maximum Gasteiger partial charge on any atom is 0.358 e. The van der Waals surface area contributed by atoms with Gasteiger partial charge in [-0.05, 0) is 43.9 Å². The normalized spacial score (nSPS) is 10.6. The lowest BCUT2D eigenvalue weighted by Crippen LogP contribution is -2.22. The zero-order valence-electron chi connectivity index (χ0n) is 17.0. The molecule has 0 aliphatic heterocycles. The number of carbonyl (C=O) groups excluding carboxylic acids is 2. The van der Waals surface area contributed by atoms with E-state index in [2.05, 4.69) is 17.2 Å². The summed E-state index contributed by atoms with van der Waals surface area (Å²) in [6.45, 7) is 7.62. The molecule has 6 heteroatoms. The standard InChI is InChI=1S/C23H24N2O3S/c1-5-17-6-8-18(9-7-17)22-24-19(13-29-22)23(27)28-12-20(26)25-21-15(3)10-14(2)11-16(21)4/h6-11,13H,5,12H2,1-4H3,(H,25,26). The van der Waals surface area contributed by atoms with Gasteiger partial charge in [0.2, 0.25) is 0 Å². The summed E-state index contributed by atoms with van der Waals surface area (Å²) in [5.41, 5.74) is 6.24. The molecular weight excluding hydrogens is 384 g/mol. The number of benzene rings is 2. The van der Waals surface area contributed by atoms with Gasteiger partial charge in [-0.1, -0.05) is 48.9 Å². The first-order chi connectivity index (χ1) is 13.9. The Kier molecular flexibility index (Phi) is 6.44. The van der Waals surface area contributed by atoms with Gasteiger partial charge in [-0.25, -0.2) is 9.78 Å². The van der Waals surface area contributed by atoms with Gasteiger partial charge in [-0.2, -0.15) is 0 Å². The number of thiazole rings is 1. The molecule has 3 rings (SSSR count). The molecule has 0 radical (unpaired) electrons. The van der Waals surface area contributed by atoms with Crippen LogP contribution in [-0.4, -0.2) is 23.5 Å². The lowest BCUT2D eigenvalue weighted by molar-refractivity contribution is -0.119. The van der Waals surface area contributed by atoms with Crippen LogP contribution >= 0.6 is 11.3 Å². The van der Waals surface area contributed by atoms with Crippen LogP contribution in [0.25, 0.3) is 10.6 Å². The molecule has 0 atom stereocenters. The fraction of sp³-hybridized carbons (Fsp3) is 0.261. The van der Waals surface area contributed by atoms with E-state index in [0.29, 0.717) is 0 Å². The van der Waals surface area contributed by atoms with E-state index in [1.54, 1.807) is 5.38 Å². The van der Waals surface area contributed by atoms with Gasteiger partial charge in [-0.3, -0.25) is 4.79 Å². The third-order valence-corrected chi connectivity index (χ3v) is 5.49. The van der Waals surface area contributed by atoms with E-state index in [-0.39, 0.29) is 18.2 Å². The van der Waals surface area contributed by atoms with Crippen LogP contribution in [0.3, 0.4) is 0 Å². The first kappa shape index (κ1) is 20.7. The summed E-state index contributed by atoms with van der Waals surface area (Å²) in [4.78, 5) is 28.8.